The van der Waals surface area contributed by atoms with Crippen LogP contribution in [0.2, 0.25) is 0 Å². The van der Waals surface area contributed by atoms with Crippen molar-refractivity contribution in [3.63, 3.8) is 0 Å². The maximum Gasteiger partial charge on any atom is 0.258 e. The lowest BCUT2D eigenvalue weighted by Crippen LogP contribution is -2.37. The van der Waals surface area contributed by atoms with Crippen molar-refractivity contribution in [3.8, 4) is 23.1 Å². The summed E-state index contributed by atoms with van der Waals surface area (Å²) in [6, 6.07) is 7.57. The van der Waals surface area contributed by atoms with Gasteiger partial charge in [0.25, 0.3) is 5.78 Å². The summed E-state index contributed by atoms with van der Waals surface area (Å²) in [5, 5.41) is 4.31. The number of nitrogens with one attached hydrogen (secondary N) is 1. The number of aromatic nitrogens is 6. The van der Waals surface area contributed by atoms with E-state index in [2.05, 4.69) is 36.0 Å². The topological polar surface area (TPSA) is 123 Å². The minimum atomic E-state index is 0.217. The van der Waals surface area contributed by atoms with Gasteiger partial charge in [-0.05, 0) is 24.3 Å². The van der Waals surface area contributed by atoms with E-state index in [1.165, 1.54) is 4.52 Å². The number of nitrogen functional groups attached to an aromatic ring is 1. The van der Waals surface area contributed by atoms with E-state index >= 15 is 0 Å². The second-order valence-electron chi connectivity index (χ2n) is 6.63. The summed E-state index contributed by atoms with van der Waals surface area (Å²) in [6.07, 6.45) is 2.49. The first kappa shape index (κ1) is 16.9. The van der Waals surface area contributed by atoms with Gasteiger partial charge in [0.2, 0.25) is 11.8 Å². The molecule has 0 saturated carbocycles. The molecule has 4 aromatic heterocycles. The fraction of sp³-hybridized carbons (Fsp3) is 0.333. The van der Waals surface area contributed by atoms with Gasteiger partial charge in [0.1, 0.15) is 0 Å². The fourth-order valence-electron chi connectivity index (χ4n) is 3.26. The third-order valence-electron chi connectivity index (χ3n) is 4.76. The quantitative estimate of drug-likeness (QED) is 0.530. The summed E-state index contributed by atoms with van der Waals surface area (Å²) in [6.45, 7) is 4.56. The first-order chi connectivity index (χ1) is 13.8. The second kappa shape index (κ2) is 7.06. The number of hydrogen-bond donors (Lipinski definition) is 2. The predicted octanol–water partition coefficient (Wildman–Crippen LogP) is 1.23. The maximum atomic E-state index is 6.07. The highest BCUT2D eigenvalue weighted by Crippen LogP contribution is 2.20. The van der Waals surface area contributed by atoms with E-state index in [-0.39, 0.29) is 5.95 Å². The zero-order chi connectivity index (χ0) is 18.9. The SMILES string of the molecule is Nc1nc(-c2ccc(CCN3CCOCC3)[nH]2)nc2nc(-c3ccco3)nn12. The van der Waals surface area contributed by atoms with Crippen molar-refractivity contribution in [3.05, 3.63) is 36.2 Å². The van der Waals surface area contributed by atoms with Gasteiger partial charge in [-0.2, -0.15) is 19.5 Å². The lowest BCUT2D eigenvalue weighted by Gasteiger charge is -2.26. The molecule has 1 aliphatic heterocycles. The van der Waals surface area contributed by atoms with Crippen molar-refractivity contribution in [2.75, 3.05) is 38.6 Å². The minimum absolute atomic E-state index is 0.217. The summed E-state index contributed by atoms with van der Waals surface area (Å²) in [5.74, 6) is 2.05. The Labute approximate surface area is 160 Å². The van der Waals surface area contributed by atoms with E-state index in [1.54, 1.807) is 18.4 Å². The van der Waals surface area contributed by atoms with Gasteiger partial charge in [-0.3, -0.25) is 4.90 Å². The molecule has 10 heteroatoms. The number of nitrogens with two attached hydrogens (primary N) is 1. The van der Waals surface area contributed by atoms with Crippen molar-refractivity contribution >= 4 is 11.7 Å². The Hall–Kier alpha value is -3.24. The van der Waals surface area contributed by atoms with Crippen LogP contribution in [0.5, 0.6) is 0 Å². The molecule has 0 unspecified atom stereocenters. The molecule has 0 spiro atoms. The molecule has 0 aliphatic carbocycles. The Morgan fingerprint density at radius 1 is 1.07 bits per heavy atom. The summed E-state index contributed by atoms with van der Waals surface area (Å²) in [4.78, 5) is 19.0. The highest BCUT2D eigenvalue weighted by Gasteiger charge is 2.16. The van der Waals surface area contributed by atoms with Crippen LogP contribution in [-0.4, -0.2) is 67.3 Å². The van der Waals surface area contributed by atoms with Gasteiger partial charge in [-0.25, -0.2) is 0 Å². The number of anilines is 1. The Morgan fingerprint density at radius 3 is 2.75 bits per heavy atom. The molecular weight excluding hydrogens is 360 g/mol. The van der Waals surface area contributed by atoms with Gasteiger partial charge in [0.15, 0.2) is 11.6 Å². The zero-order valence-corrected chi connectivity index (χ0v) is 15.2. The van der Waals surface area contributed by atoms with Gasteiger partial charge < -0.3 is 19.9 Å². The Kier molecular flexibility index (Phi) is 4.26. The Bertz CT molecular complexity index is 1080. The van der Waals surface area contributed by atoms with Crippen LogP contribution in [0.15, 0.2) is 34.9 Å². The molecule has 28 heavy (non-hydrogen) atoms. The summed E-state index contributed by atoms with van der Waals surface area (Å²) < 4.78 is 12.1. The molecule has 3 N–H and O–H groups in total. The Balaban J connectivity index is 1.37. The van der Waals surface area contributed by atoms with E-state index < -0.39 is 0 Å². The minimum Gasteiger partial charge on any atom is -0.461 e. The van der Waals surface area contributed by atoms with E-state index in [1.807, 2.05) is 6.07 Å². The third kappa shape index (κ3) is 3.23. The number of furan rings is 1. The van der Waals surface area contributed by atoms with Crippen molar-refractivity contribution in [2.45, 2.75) is 6.42 Å². The number of morpholine rings is 1. The molecular formula is C18H20N8O2. The first-order valence-corrected chi connectivity index (χ1v) is 9.19. The number of ether oxygens (including phenoxy) is 1. The highest BCUT2D eigenvalue weighted by atomic mass is 16.5. The van der Waals surface area contributed by atoms with Crippen molar-refractivity contribution in [1.82, 2.24) is 34.4 Å². The molecule has 5 heterocycles. The molecule has 0 radical (unpaired) electrons. The van der Waals surface area contributed by atoms with E-state index in [0.29, 0.717) is 23.2 Å². The van der Waals surface area contributed by atoms with Crippen LogP contribution in [0.1, 0.15) is 5.69 Å². The molecule has 10 nitrogen and oxygen atoms in total. The van der Waals surface area contributed by atoms with Crippen molar-refractivity contribution in [1.29, 1.82) is 0 Å². The lowest BCUT2D eigenvalue weighted by molar-refractivity contribution is 0.0383. The van der Waals surface area contributed by atoms with Crippen LogP contribution >= 0.6 is 0 Å². The second-order valence-corrected chi connectivity index (χ2v) is 6.63. The van der Waals surface area contributed by atoms with Crippen LogP contribution in [0.4, 0.5) is 5.95 Å². The van der Waals surface area contributed by atoms with Gasteiger partial charge in [-0.15, -0.1) is 5.10 Å². The monoisotopic (exact) mass is 380 g/mol. The first-order valence-electron chi connectivity index (χ1n) is 9.19. The maximum absolute atomic E-state index is 6.07. The summed E-state index contributed by atoms with van der Waals surface area (Å²) in [5.41, 5.74) is 8.00. The standard InChI is InChI=1S/C18H20N8O2/c19-17-21-15(22-18-23-16(24-26(17)18)14-2-1-9-28-14)13-4-3-12(20-13)5-6-25-7-10-27-11-8-25/h1-4,9,20H,5-8,10-11H2,(H2,19,21,22,23,24). The van der Waals surface area contributed by atoms with E-state index in [0.717, 1.165) is 50.7 Å². The normalized spacial score (nSPS) is 15.4. The average Bonchev–Trinajstić information content (AvgIpc) is 3.46. The summed E-state index contributed by atoms with van der Waals surface area (Å²) in [7, 11) is 0. The zero-order valence-electron chi connectivity index (χ0n) is 15.2. The van der Waals surface area contributed by atoms with Gasteiger partial charge in [0.05, 0.1) is 25.2 Å². The molecule has 0 bridgehead atoms. The molecule has 1 aliphatic rings. The smallest absolute Gasteiger partial charge is 0.258 e. The predicted molar refractivity (Wildman–Crippen MR) is 101 cm³/mol. The molecule has 1 fully saturated rings. The van der Waals surface area contributed by atoms with Crippen LogP contribution in [-0.2, 0) is 11.2 Å². The molecule has 5 rings (SSSR count). The van der Waals surface area contributed by atoms with Crippen LogP contribution in [0.3, 0.4) is 0 Å². The third-order valence-corrected chi connectivity index (χ3v) is 4.76. The van der Waals surface area contributed by atoms with Crippen LogP contribution in [0.25, 0.3) is 28.9 Å². The number of aromatic amines is 1. The number of rotatable bonds is 5. The molecule has 0 atom stereocenters. The van der Waals surface area contributed by atoms with Gasteiger partial charge in [-0.1, -0.05) is 0 Å². The summed E-state index contributed by atoms with van der Waals surface area (Å²) >= 11 is 0. The Morgan fingerprint density at radius 2 is 1.93 bits per heavy atom. The molecule has 4 aromatic rings. The molecule has 144 valence electrons. The van der Waals surface area contributed by atoms with Gasteiger partial charge >= 0.3 is 0 Å². The van der Waals surface area contributed by atoms with Crippen LogP contribution < -0.4 is 5.73 Å². The fourth-order valence-corrected chi connectivity index (χ4v) is 3.26. The number of H-pyrrole nitrogens is 1. The lowest BCUT2D eigenvalue weighted by atomic mass is 10.3. The number of hydrogen-bond acceptors (Lipinski definition) is 8. The van der Waals surface area contributed by atoms with Crippen LogP contribution in [0, 0.1) is 0 Å². The molecule has 0 aromatic carbocycles. The average molecular weight is 380 g/mol. The number of nitrogens with zero attached hydrogens (tertiary/aromatic N) is 6. The van der Waals surface area contributed by atoms with Crippen molar-refractivity contribution < 1.29 is 9.15 Å². The van der Waals surface area contributed by atoms with Crippen molar-refractivity contribution in [2.24, 2.45) is 0 Å². The highest BCUT2D eigenvalue weighted by molar-refractivity contribution is 5.57. The van der Waals surface area contributed by atoms with E-state index in [9.17, 15) is 0 Å². The molecule has 1 saturated heterocycles. The van der Waals surface area contributed by atoms with Gasteiger partial charge in [0, 0.05) is 31.7 Å². The molecule has 0 amide bonds. The number of fused-ring (bicyclic) bond motifs is 1. The largest absolute Gasteiger partial charge is 0.461 e. The van der Waals surface area contributed by atoms with E-state index in [4.69, 9.17) is 14.9 Å².